The molecule has 1 fully saturated rings. The molecule has 1 saturated heterocycles. The van der Waals surface area contributed by atoms with Gasteiger partial charge in [-0.15, -0.1) is 11.3 Å². The van der Waals surface area contributed by atoms with Crippen LogP contribution < -0.4 is 4.90 Å². The van der Waals surface area contributed by atoms with E-state index in [1.165, 1.54) is 10.6 Å². The lowest BCUT2D eigenvalue weighted by atomic mass is 10.3. The van der Waals surface area contributed by atoms with Gasteiger partial charge in [-0.3, -0.25) is 9.88 Å². The van der Waals surface area contributed by atoms with Crippen molar-refractivity contribution in [1.82, 2.24) is 24.2 Å². The average Bonchev–Trinajstić information content (AvgIpc) is 3.28. The highest BCUT2D eigenvalue weighted by molar-refractivity contribution is 7.71. The van der Waals surface area contributed by atoms with E-state index < -0.39 is 0 Å². The molecule has 0 spiro atoms. The average molecular weight is 387 g/mol. The molecule has 0 saturated carbocycles. The first-order chi connectivity index (χ1) is 12.7. The van der Waals surface area contributed by atoms with Crippen molar-refractivity contribution in [1.29, 1.82) is 0 Å². The third-order valence-electron chi connectivity index (χ3n) is 4.78. The van der Waals surface area contributed by atoms with Gasteiger partial charge in [0.2, 0.25) is 0 Å². The maximum absolute atomic E-state index is 5.60. The van der Waals surface area contributed by atoms with E-state index in [0.717, 1.165) is 49.9 Å². The van der Waals surface area contributed by atoms with E-state index in [0.29, 0.717) is 0 Å². The van der Waals surface area contributed by atoms with Crippen LogP contribution in [0.25, 0.3) is 0 Å². The molecule has 4 heterocycles. The normalized spacial score (nSPS) is 15.5. The lowest BCUT2D eigenvalue weighted by molar-refractivity contribution is 0.194. The Morgan fingerprint density at radius 3 is 2.58 bits per heavy atom. The zero-order valence-electron chi connectivity index (χ0n) is 14.8. The minimum absolute atomic E-state index is 0.751. The van der Waals surface area contributed by atoms with Crippen LogP contribution in [-0.4, -0.2) is 50.4 Å². The van der Waals surface area contributed by atoms with E-state index in [2.05, 4.69) is 44.4 Å². The third kappa shape index (κ3) is 3.72. The summed E-state index contributed by atoms with van der Waals surface area (Å²) in [6.07, 6.45) is 4.54. The highest BCUT2D eigenvalue weighted by Gasteiger charge is 2.19. The first-order valence-corrected chi connectivity index (χ1v) is 10.0. The molecule has 26 heavy (non-hydrogen) atoms. The predicted octanol–water partition coefficient (Wildman–Crippen LogP) is 2.78. The summed E-state index contributed by atoms with van der Waals surface area (Å²) >= 11 is 7.36. The number of rotatable bonds is 5. The molecule has 1 aliphatic rings. The standard InChI is InChI=1S/C18H22N6S2/c1-21-17(13-16-3-2-12-26-16)20-24(18(21)25)14-22-8-10-23(11-9-22)15-4-6-19-7-5-15/h2-7,12H,8-11,13-14H2,1H3. The third-order valence-corrected chi connectivity index (χ3v) is 6.14. The number of hydrogen-bond donors (Lipinski definition) is 0. The minimum atomic E-state index is 0.751. The Hall–Kier alpha value is -2.03. The van der Waals surface area contributed by atoms with E-state index in [1.807, 2.05) is 28.7 Å². The van der Waals surface area contributed by atoms with Crippen molar-refractivity contribution < 1.29 is 0 Å². The van der Waals surface area contributed by atoms with Crippen LogP contribution in [0.2, 0.25) is 0 Å². The summed E-state index contributed by atoms with van der Waals surface area (Å²) in [4.78, 5) is 10.2. The summed E-state index contributed by atoms with van der Waals surface area (Å²) in [5, 5.41) is 6.87. The summed E-state index contributed by atoms with van der Waals surface area (Å²) in [5.41, 5.74) is 1.24. The number of anilines is 1. The van der Waals surface area contributed by atoms with Gasteiger partial charge in [-0.25, -0.2) is 4.68 Å². The summed E-state index contributed by atoms with van der Waals surface area (Å²) < 4.78 is 4.77. The Balaban J connectivity index is 1.40. The summed E-state index contributed by atoms with van der Waals surface area (Å²) in [6.45, 7) is 4.77. The zero-order valence-corrected chi connectivity index (χ0v) is 16.4. The van der Waals surface area contributed by atoms with Crippen LogP contribution >= 0.6 is 23.6 Å². The van der Waals surface area contributed by atoms with E-state index in [1.54, 1.807) is 11.3 Å². The van der Waals surface area contributed by atoms with E-state index in [-0.39, 0.29) is 0 Å². The van der Waals surface area contributed by atoms with E-state index in [9.17, 15) is 0 Å². The molecule has 3 aromatic heterocycles. The zero-order chi connectivity index (χ0) is 17.9. The van der Waals surface area contributed by atoms with Gasteiger partial charge in [0.25, 0.3) is 0 Å². The highest BCUT2D eigenvalue weighted by atomic mass is 32.1. The molecule has 1 aliphatic heterocycles. The molecule has 0 radical (unpaired) electrons. The number of pyridine rings is 1. The molecule has 0 aromatic carbocycles. The quantitative estimate of drug-likeness (QED) is 0.631. The maximum atomic E-state index is 5.60. The smallest absolute Gasteiger partial charge is 0.198 e. The number of nitrogens with zero attached hydrogens (tertiary/aromatic N) is 6. The largest absolute Gasteiger partial charge is 0.369 e. The van der Waals surface area contributed by atoms with Crippen molar-refractivity contribution in [3.8, 4) is 0 Å². The van der Waals surface area contributed by atoms with Gasteiger partial charge in [-0.05, 0) is 35.8 Å². The van der Waals surface area contributed by atoms with Crippen molar-refractivity contribution in [2.45, 2.75) is 13.1 Å². The monoisotopic (exact) mass is 386 g/mol. The van der Waals surface area contributed by atoms with Crippen molar-refractivity contribution in [3.05, 3.63) is 57.5 Å². The van der Waals surface area contributed by atoms with Gasteiger partial charge in [0.1, 0.15) is 5.82 Å². The Bertz CT molecular complexity index is 892. The van der Waals surface area contributed by atoms with Crippen LogP contribution in [0.1, 0.15) is 10.7 Å². The first kappa shape index (κ1) is 17.4. The van der Waals surface area contributed by atoms with E-state index in [4.69, 9.17) is 17.3 Å². The van der Waals surface area contributed by atoms with Crippen molar-refractivity contribution >= 4 is 29.2 Å². The highest BCUT2D eigenvalue weighted by Crippen LogP contribution is 2.16. The lowest BCUT2D eigenvalue weighted by Gasteiger charge is -2.35. The number of piperazine rings is 1. The Kier molecular flexibility index (Phi) is 5.14. The van der Waals surface area contributed by atoms with E-state index >= 15 is 0 Å². The molecule has 6 nitrogen and oxygen atoms in total. The summed E-state index contributed by atoms with van der Waals surface area (Å²) in [6, 6.07) is 8.36. The van der Waals surface area contributed by atoms with Gasteiger partial charge in [0.15, 0.2) is 4.77 Å². The van der Waals surface area contributed by atoms with Crippen LogP contribution in [0, 0.1) is 4.77 Å². The Morgan fingerprint density at radius 1 is 1.12 bits per heavy atom. The van der Waals surface area contributed by atoms with Gasteiger partial charge in [0.05, 0.1) is 6.67 Å². The van der Waals surface area contributed by atoms with Gasteiger partial charge in [-0.1, -0.05) is 6.07 Å². The van der Waals surface area contributed by atoms with Crippen LogP contribution in [0.5, 0.6) is 0 Å². The molecule has 0 N–H and O–H groups in total. The Morgan fingerprint density at radius 2 is 1.88 bits per heavy atom. The van der Waals surface area contributed by atoms with Gasteiger partial charge >= 0.3 is 0 Å². The lowest BCUT2D eigenvalue weighted by Crippen LogP contribution is -2.47. The number of aromatic nitrogens is 4. The molecule has 4 rings (SSSR count). The SMILES string of the molecule is Cn1c(Cc2cccs2)nn(CN2CCN(c3ccncc3)CC2)c1=S. The van der Waals surface area contributed by atoms with Gasteiger partial charge in [0, 0.05) is 62.6 Å². The molecule has 8 heteroatoms. The molecule has 0 bridgehead atoms. The van der Waals surface area contributed by atoms with Crippen LogP contribution in [0.3, 0.4) is 0 Å². The second-order valence-electron chi connectivity index (χ2n) is 6.47. The van der Waals surface area contributed by atoms with Crippen molar-refractivity contribution in [3.63, 3.8) is 0 Å². The molecule has 0 amide bonds. The van der Waals surface area contributed by atoms with Crippen molar-refractivity contribution in [2.75, 3.05) is 31.1 Å². The number of thiophene rings is 1. The van der Waals surface area contributed by atoms with Crippen molar-refractivity contribution in [2.24, 2.45) is 7.05 Å². The molecular weight excluding hydrogens is 364 g/mol. The van der Waals surface area contributed by atoms with Gasteiger partial charge < -0.3 is 9.47 Å². The van der Waals surface area contributed by atoms with Gasteiger partial charge in [-0.2, -0.15) is 5.10 Å². The van der Waals surface area contributed by atoms with Crippen LogP contribution in [0.15, 0.2) is 42.0 Å². The van der Waals surface area contributed by atoms with Crippen LogP contribution in [0.4, 0.5) is 5.69 Å². The molecule has 0 unspecified atom stereocenters. The second-order valence-corrected chi connectivity index (χ2v) is 7.86. The van der Waals surface area contributed by atoms with Crippen LogP contribution in [-0.2, 0) is 20.1 Å². The molecular formula is C18H22N6S2. The number of hydrogen-bond acceptors (Lipinski definition) is 6. The molecule has 0 aliphatic carbocycles. The fraction of sp³-hybridized carbons (Fsp3) is 0.389. The summed E-state index contributed by atoms with van der Waals surface area (Å²) in [7, 11) is 2.01. The topological polar surface area (TPSA) is 42.1 Å². The second kappa shape index (κ2) is 7.69. The molecule has 136 valence electrons. The fourth-order valence-corrected chi connectivity index (χ4v) is 4.15. The predicted molar refractivity (Wildman–Crippen MR) is 107 cm³/mol. The summed E-state index contributed by atoms with van der Waals surface area (Å²) in [5.74, 6) is 1.02. The molecule has 3 aromatic rings. The molecule has 0 atom stereocenters. The fourth-order valence-electron chi connectivity index (χ4n) is 3.24. The minimum Gasteiger partial charge on any atom is -0.369 e. The maximum Gasteiger partial charge on any atom is 0.198 e. The first-order valence-electron chi connectivity index (χ1n) is 8.73. The Labute approximate surface area is 162 Å².